The van der Waals surface area contributed by atoms with E-state index in [1.807, 2.05) is 0 Å². The molecular formula is C12H12O4. The lowest BCUT2D eigenvalue weighted by Gasteiger charge is -2.16. The summed E-state index contributed by atoms with van der Waals surface area (Å²) in [5.41, 5.74) is 1.43. The van der Waals surface area contributed by atoms with Crippen molar-refractivity contribution in [1.82, 2.24) is 0 Å². The van der Waals surface area contributed by atoms with Crippen molar-refractivity contribution in [2.24, 2.45) is 0 Å². The smallest absolute Gasteiger partial charge is 0.302 e. The number of benzene rings is 1. The minimum atomic E-state index is -0.324. The van der Waals surface area contributed by atoms with Gasteiger partial charge in [0.05, 0.1) is 12.2 Å². The summed E-state index contributed by atoms with van der Waals surface area (Å²) in [7, 11) is 0. The van der Waals surface area contributed by atoms with Crippen LogP contribution in [0.15, 0.2) is 18.2 Å². The molecule has 1 aromatic carbocycles. The molecule has 0 saturated carbocycles. The first-order chi connectivity index (χ1) is 7.66. The number of rotatable bonds is 2. The van der Waals surface area contributed by atoms with Crippen molar-refractivity contribution in [3.8, 4) is 5.75 Å². The quantitative estimate of drug-likeness (QED) is 0.712. The Morgan fingerprint density at radius 2 is 2.31 bits per heavy atom. The number of fused-ring (bicyclic) bond motifs is 1. The largest absolute Gasteiger partial charge is 0.492 e. The Bertz CT molecular complexity index is 437. The Labute approximate surface area is 93.2 Å². The zero-order valence-corrected chi connectivity index (χ0v) is 8.99. The van der Waals surface area contributed by atoms with Crippen LogP contribution in [0.3, 0.4) is 0 Å². The molecule has 4 nitrogen and oxygen atoms in total. The van der Waals surface area contributed by atoms with Gasteiger partial charge in [-0.1, -0.05) is 6.07 Å². The molecule has 1 aromatic rings. The predicted octanol–water partition coefficient (Wildman–Crippen LogP) is 1.71. The van der Waals surface area contributed by atoms with Crippen molar-refractivity contribution >= 4 is 11.8 Å². The third-order valence-corrected chi connectivity index (χ3v) is 2.38. The molecule has 0 aliphatic carbocycles. The van der Waals surface area contributed by atoms with Crippen molar-refractivity contribution in [2.75, 3.05) is 6.61 Å². The molecule has 2 rings (SSSR count). The van der Waals surface area contributed by atoms with Gasteiger partial charge in [0.25, 0.3) is 0 Å². The number of ether oxygens (including phenoxy) is 2. The van der Waals surface area contributed by atoms with Gasteiger partial charge in [0.15, 0.2) is 5.78 Å². The molecule has 0 atom stereocenters. The van der Waals surface area contributed by atoms with Gasteiger partial charge in [-0.2, -0.15) is 0 Å². The Balaban J connectivity index is 2.18. The standard InChI is InChI=1S/C12H12O4/c1-8(13)16-7-9-2-3-10-11(14)4-5-15-12(10)6-9/h2-3,6H,4-5,7H2,1H3. The summed E-state index contributed by atoms with van der Waals surface area (Å²) in [6.45, 7) is 1.99. The minimum absolute atomic E-state index is 0.0975. The van der Waals surface area contributed by atoms with Gasteiger partial charge in [-0.25, -0.2) is 0 Å². The van der Waals surface area contributed by atoms with Crippen LogP contribution >= 0.6 is 0 Å². The highest BCUT2D eigenvalue weighted by Gasteiger charge is 2.18. The van der Waals surface area contributed by atoms with Crippen LogP contribution < -0.4 is 4.74 Å². The Morgan fingerprint density at radius 3 is 3.06 bits per heavy atom. The molecule has 0 bridgehead atoms. The van der Waals surface area contributed by atoms with E-state index in [1.54, 1.807) is 18.2 Å². The maximum Gasteiger partial charge on any atom is 0.302 e. The van der Waals surface area contributed by atoms with Crippen LogP contribution in [0.5, 0.6) is 5.75 Å². The second-order valence-corrected chi connectivity index (χ2v) is 3.63. The molecule has 1 aliphatic heterocycles. The topological polar surface area (TPSA) is 52.6 Å². The molecule has 84 valence electrons. The molecule has 0 unspecified atom stereocenters. The lowest BCUT2D eigenvalue weighted by atomic mass is 10.0. The normalized spacial score (nSPS) is 13.9. The summed E-state index contributed by atoms with van der Waals surface area (Å²) in [6.07, 6.45) is 0.427. The first-order valence-electron chi connectivity index (χ1n) is 5.09. The van der Waals surface area contributed by atoms with Crippen LogP contribution in [0.2, 0.25) is 0 Å². The van der Waals surface area contributed by atoms with Gasteiger partial charge < -0.3 is 9.47 Å². The van der Waals surface area contributed by atoms with E-state index in [0.29, 0.717) is 24.3 Å². The highest BCUT2D eigenvalue weighted by Crippen LogP contribution is 2.26. The molecule has 1 heterocycles. The lowest BCUT2D eigenvalue weighted by Crippen LogP contribution is -2.15. The fraction of sp³-hybridized carbons (Fsp3) is 0.333. The van der Waals surface area contributed by atoms with E-state index in [0.717, 1.165) is 5.56 Å². The van der Waals surface area contributed by atoms with E-state index >= 15 is 0 Å². The van der Waals surface area contributed by atoms with Crippen LogP contribution in [-0.4, -0.2) is 18.4 Å². The van der Waals surface area contributed by atoms with Gasteiger partial charge in [0.1, 0.15) is 12.4 Å². The average molecular weight is 220 g/mol. The molecule has 16 heavy (non-hydrogen) atoms. The van der Waals surface area contributed by atoms with Crippen molar-refractivity contribution in [3.05, 3.63) is 29.3 Å². The number of carbonyl (C=O) groups excluding carboxylic acids is 2. The third kappa shape index (κ3) is 2.21. The zero-order chi connectivity index (χ0) is 11.5. The van der Waals surface area contributed by atoms with Gasteiger partial charge >= 0.3 is 5.97 Å². The van der Waals surface area contributed by atoms with Gasteiger partial charge in [-0.05, 0) is 17.7 Å². The molecule has 0 saturated heterocycles. The fourth-order valence-corrected chi connectivity index (χ4v) is 1.58. The second-order valence-electron chi connectivity index (χ2n) is 3.63. The van der Waals surface area contributed by atoms with E-state index in [4.69, 9.17) is 9.47 Å². The van der Waals surface area contributed by atoms with E-state index in [9.17, 15) is 9.59 Å². The van der Waals surface area contributed by atoms with Crippen LogP contribution in [0.25, 0.3) is 0 Å². The van der Waals surface area contributed by atoms with Crippen LogP contribution in [0, 0.1) is 0 Å². The lowest BCUT2D eigenvalue weighted by molar-refractivity contribution is -0.142. The van der Waals surface area contributed by atoms with Crippen molar-refractivity contribution in [3.63, 3.8) is 0 Å². The maximum atomic E-state index is 11.5. The molecule has 0 amide bonds. The number of hydrogen-bond acceptors (Lipinski definition) is 4. The van der Waals surface area contributed by atoms with Crippen molar-refractivity contribution in [1.29, 1.82) is 0 Å². The van der Waals surface area contributed by atoms with E-state index in [-0.39, 0.29) is 18.4 Å². The fourth-order valence-electron chi connectivity index (χ4n) is 1.58. The summed E-state index contributed by atoms with van der Waals surface area (Å²) in [5, 5.41) is 0. The molecule has 0 aromatic heterocycles. The molecule has 0 fully saturated rings. The molecule has 0 spiro atoms. The van der Waals surface area contributed by atoms with Crippen LogP contribution in [0.4, 0.5) is 0 Å². The highest BCUT2D eigenvalue weighted by molar-refractivity contribution is 5.99. The van der Waals surface area contributed by atoms with Crippen molar-refractivity contribution in [2.45, 2.75) is 20.0 Å². The average Bonchev–Trinajstić information content (AvgIpc) is 2.26. The van der Waals surface area contributed by atoms with Gasteiger partial charge in [0.2, 0.25) is 0 Å². The zero-order valence-electron chi connectivity index (χ0n) is 8.99. The molecule has 0 N–H and O–H groups in total. The number of ketones is 1. The van der Waals surface area contributed by atoms with E-state index < -0.39 is 0 Å². The summed E-state index contributed by atoms with van der Waals surface area (Å²) in [5.74, 6) is 0.357. The summed E-state index contributed by atoms with van der Waals surface area (Å²) in [6, 6.07) is 5.24. The summed E-state index contributed by atoms with van der Waals surface area (Å²) >= 11 is 0. The maximum absolute atomic E-state index is 11.5. The van der Waals surface area contributed by atoms with Gasteiger partial charge in [0, 0.05) is 13.3 Å². The molecule has 4 heteroatoms. The van der Waals surface area contributed by atoms with Crippen molar-refractivity contribution < 1.29 is 19.1 Å². The summed E-state index contributed by atoms with van der Waals surface area (Å²) < 4.78 is 10.2. The Kier molecular flexibility index (Phi) is 2.90. The number of carbonyl (C=O) groups is 2. The first-order valence-corrected chi connectivity index (χ1v) is 5.09. The van der Waals surface area contributed by atoms with Gasteiger partial charge in [-0.3, -0.25) is 9.59 Å². The van der Waals surface area contributed by atoms with E-state index in [1.165, 1.54) is 6.92 Å². The first kappa shape index (κ1) is 10.7. The molecule has 0 radical (unpaired) electrons. The number of Topliss-reactive ketones (excluding diaryl/α,β-unsaturated/α-hetero) is 1. The SMILES string of the molecule is CC(=O)OCc1ccc2c(c1)OCCC2=O. The predicted molar refractivity (Wildman–Crippen MR) is 56.4 cm³/mol. The van der Waals surface area contributed by atoms with Crippen LogP contribution in [-0.2, 0) is 16.1 Å². The molecular weight excluding hydrogens is 208 g/mol. The Hall–Kier alpha value is -1.84. The second kappa shape index (κ2) is 4.35. The van der Waals surface area contributed by atoms with Gasteiger partial charge in [-0.15, -0.1) is 0 Å². The monoisotopic (exact) mass is 220 g/mol. The van der Waals surface area contributed by atoms with E-state index in [2.05, 4.69) is 0 Å². The number of esters is 1. The molecule has 1 aliphatic rings. The summed E-state index contributed by atoms with van der Waals surface area (Å²) in [4.78, 5) is 22.1. The van der Waals surface area contributed by atoms with Crippen LogP contribution in [0.1, 0.15) is 29.3 Å². The highest BCUT2D eigenvalue weighted by atomic mass is 16.5. The Morgan fingerprint density at radius 1 is 1.50 bits per heavy atom. The number of hydrogen-bond donors (Lipinski definition) is 0. The minimum Gasteiger partial charge on any atom is -0.492 e. The third-order valence-electron chi connectivity index (χ3n) is 2.38.